The standard InChI is InChI=1S/C32H44FN7O2/c1-6-28(41)39-9-10-40(20(4)15-39)31-25-11-18(2)24(30-29(21-7-8-21)19(3)12-27(34)36-30)14-26(25)35-32(37-31)42-17-23-13-22(33)16-38(23)5/h6,12,18,20-24H,1,7-11,13-17H2,2-5H3,(H2,34,36)/t18-,20-,22+,23-,24-/m0/s1. The Labute approximate surface area is 248 Å². The third kappa shape index (κ3) is 5.57. The largest absolute Gasteiger partial charge is 0.462 e. The summed E-state index contributed by atoms with van der Waals surface area (Å²) >= 11 is 0. The van der Waals surface area contributed by atoms with Crippen LogP contribution in [0.2, 0.25) is 0 Å². The van der Waals surface area contributed by atoms with Gasteiger partial charge in [0.25, 0.3) is 0 Å². The van der Waals surface area contributed by atoms with E-state index < -0.39 is 6.17 Å². The minimum Gasteiger partial charge on any atom is -0.462 e. The quantitative estimate of drug-likeness (QED) is 0.496. The Morgan fingerprint density at radius 2 is 1.98 bits per heavy atom. The van der Waals surface area contributed by atoms with Crippen molar-refractivity contribution in [2.75, 3.05) is 50.5 Å². The van der Waals surface area contributed by atoms with Gasteiger partial charge in [-0.3, -0.25) is 9.69 Å². The first-order valence-electron chi connectivity index (χ1n) is 15.4. The predicted molar refractivity (Wildman–Crippen MR) is 162 cm³/mol. The maximum Gasteiger partial charge on any atom is 0.318 e. The molecule has 2 aromatic rings. The van der Waals surface area contributed by atoms with Gasteiger partial charge in [0.05, 0.1) is 11.4 Å². The fourth-order valence-corrected chi connectivity index (χ4v) is 7.31. The lowest BCUT2D eigenvalue weighted by Crippen LogP contribution is -2.54. The zero-order valence-electron chi connectivity index (χ0n) is 25.4. The van der Waals surface area contributed by atoms with Crippen molar-refractivity contribution in [2.45, 2.75) is 83.0 Å². The molecule has 1 amide bonds. The third-order valence-electron chi connectivity index (χ3n) is 9.76. The number of aromatic nitrogens is 3. The molecule has 0 bridgehead atoms. The Kier molecular flexibility index (Phi) is 7.85. The maximum atomic E-state index is 14.0. The lowest BCUT2D eigenvalue weighted by molar-refractivity contribution is -0.126. The maximum absolute atomic E-state index is 14.0. The zero-order chi connectivity index (χ0) is 29.7. The average molecular weight is 578 g/mol. The van der Waals surface area contributed by atoms with Crippen LogP contribution in [0.5, 0.6) is 6.01 Å². The van der Waals surface area contributed by atoms with Crippen LogP contribution in [0.1, 0.15) is 73.0 Å². The number of carbonyl (C=O) groups excluding carboxylic acids is 1. The van der Waals surface area contributed by atoms with Crippen LogP contribution in [0.15, 0.2) is 18.7 Å². The number of halogens is 1. The van der Waals surface area contributed by atoms with Crippen molar-refractivity contribution in [3.05, 3.63) is 46.8 Å². The summed E-state index contributed by atoms with van der Waals surface area (Å²) in [6.07, 6.45) is 4.96. The second kappa shape index (κ2) is 11.4. The number of nitrogens with two attached hydrogens (primary N) is 1. The lowest BCUT2D eigenvalue weighted by atomic mass is 9.75. The highest BCUT2D eigenvalue weighted by molar-refractivity contribution is 5.87. The molecule has 2 N–H and O–H groups in total. The molecule has 0 unspecified atom stereocenters. The molecule has 4 heterocycles. The first kappa shape index (κ1) is 28.8. The Morgan fingerprint density at radius 3 is 2.64 bits per heavy atom. The van der Waals surface area contributed by atoms with Gasteiger partial charge in [0.1, 0.15) is 24.4 Å². The van der Waals surface area contributed by atoms with E-state index in [9.17, 15) is 9.18 Å². The summed E-state index contributed by atoms with van der Waals surface area (Å²) in [4.78, 5) is 33.4. The molecule has 0 spiro atoms. The van der Waals surface area contributed by atoms with Crippen LogP contribution >= 0.6 is 0 Å². The number of piperazine rings is 1. The molecule has 3 fully saturated rings. The Hall–Kier alpha value is -3.27. The number of hydrogen-bond acceptors (Lipinski definition) is 8. The van der Waals surface area contributed by atoms with Crippen LogP contribution in [0.4, 0.5) is 16.0 Å². The topological polar surface area (TPSA) is 101 Å². The summed E-state index contributed by atoms with van der Waals surface area (Å²) in [7, 11) is 1.93. The average Bonchev–Trinajstić information content (AvgIpc) is 3.73. The summed E-state index contributed by atoms with van der Waals surface area (Å²) in [6, 6.07) is 2.40. The molecule has 2 aromatic heterocycles. The van der Waals surface area contributed by atoms with Crippen molar-refractivity contribution in [1.29, 1.82) is 0 Å². The molecule has 2 aliphatic heterocycles. The van der Waals surface area contributed by atoms with Gasteiger partial charge >= 0.3 is 6.01 Å². The van der Waals surface area contributed by atoms with E-state index >= 15 is 0 Å². The van der Waals surface area contributed by atoms with Gasteiger partial charge in [-0.05, 0) is 88.1 Å². The number of amides is 1. The van der Waals surface area contributed by atoms with Gasteiger partial charge in [0.15, 0.2) is 0 Å². The van der Waals surface area contributed by atoms with E-state index in [1.54, 1.807) is 0 Å². The number of aryl methyl sites for hydroxylation is 1. The minimum absolute atomic E-state index is 0.0104. The van der Waals surface area contributed by atoms with Gasteiger partial charge in [-0.1, -0.05) is 13.5 Å². The summed E-state index contributed by atoms with van der Waals surface area (Å²) < 4.78 is 20.3. The lowest BCUT2D eigenvalue weighted by Gasteiger charge is -2.42. The number of alkyl halides is 1. The first-order valence-corrected chi connectivity index (χ1v) is 15.4. The number of ether oxygens (including phenoxy) is 1. The summed E-state index contributed by atoms with van der Waals surface area (Å²) in [5.74, 6) is 2.50. The Balaban J connectivity index is 1.35. The van der Waals surface area contributed by atoms with Crippen molar-refractivity contribution in [3.63, 3.8) is 0 Å². The molecule has 9 nitrogen and oxygen atoms in total. The van der Waals surface area contributed by atoms with E-state index in [0.29, 0.717) is 62.9 Å². The van der Waals surface area contributed by atoms with Crippen LogP contribution in [-0.4, -0.2) is 88.7 Å². The van der Waals surface area contributed by atoms with Gasteiger partial charge in [-0.25, -0.2) is 9.37 Å². The Bertz CT molecular complexity index is 1360. The number of likely N-dealkylation sites (tertiary alicyclic amines) is 1. The number of nitrogens with zero attached hydrogens (tertiary/aromatic N) is 6. The molecular formula is C32H44FN7O2. The smallest absolute Gasteiger partial charge is 0.318 e. The molecule has 0 aromatic carbocycles. The monoisotopic (exact) mass is 577 g/mol. The first-order chi connectivity index (χ1) is 20.1. The normalized spacial score (nSPS) is 28.1. The van der Waals surface area contributed by atoms with Gasteiger partial charge in [0, 0.05) is 49.7 Å². The number of carbonyl (C=O) groups is 1. The highest BCUT2D eigenvalue weighted by atomic mass is 19.1. The Morgan fingerprint density at radius 1 is 1.19 bits per heavy atom. The number of likely N-dealkylation sites (N-methyl/N-ethyl adjacent to an activating group) is 1. The highest BCUT2D eigenvalue weighted by Gasteiger charge is 2.39. The van der Waals surface area contributed by atoms with Crippen LogP contribution in [-0.2, 0) is 17.6 Å². The molecule has 2 aliphatic carbocycles. The van der Waals surface area contributed by atoms with Crippen molar-refractivity contribution in [3.8, 4) is 6.01 Å². The highest BCUT2D eigenvalue weighted by Crippen LogP contribution is 2.48. The molecule has 226 valence electrons. The van der Waals surface area contributed by atoms with Crippen molar-refractivity contribution < 1.29 is 13.9 Å². The third-order valence-corrected chi connectivity index (χ3v) is 9.76. The molecule has 5 atom stereocenters. The number of pyridine rings is 1. The van der Waals surface area contributed by atoms with Crippen LogP contribution in [0.25, 0.3) is 0 Å². The molecule has 4 aliphatic rings. The van der Waals surface area contributed by atoms with Gasteiger partial charge in [-0.2, -0.15) is 9.97 Å². The molecule has 42 heavy (non-hydrogen) atoms. The van der Waals surface area contributed by atoms with Crippen LogP contribution < -0.4 is 15.4 Å². The van der Waals surface area contributed by atoms with E-state index in [2.05, 4.69) is 32.3 Å². The second-order valence-electron chi connectivity index (χ2n) is 13.0. The second-order valence-corrected chi connectivity index (χ2v) is 13.0. The fourth-order valence-electron chi connectivity index (χ4n) is 7.31. The van der Waals surface area contributed by atoms with E-state index in [-0.39, 0.29) is 23.9 Å². The molecule has 2 saturated heterocycles. The van der Waals surface area contributed by atoms with Gasteiger partial charge in [0.2, 0.25) is 5.91 Å². The molecule has 6 rings (SSSR count). The van der Waals surface area contributed by atoms with Gasteiger partial charge < -0.3 is 20.3 Å². The fraction of sp³-hybridized carbons (Fsp3) is 0.625. The van der Waals surface area contributed by atoms with Crippen LogP contribution in [0.3, 0.4) is 0 Å². The van der Waals surface area contributed by atoms with E-state index in [0.717, 1.165) is 35.6 Å². The van der Waals surface area contributed by atoms with E-state index in [1.165, 1.54) is 30.0 Å². The van der Waals surface area contributed by atoms with E-state index in [4.69, 9.17) is 25.4 Å². The number of fused-ring (bicyclic) bond motifs is 1. The molecule has 0 radical (unpaired) electrons. The minimum atomic E-state index is -0.837. The molecular weight excluding hydrogens is 533 g/mol. The van der Waals surface area contributed by atoms with Crippen LogP contribution in [0, 0.1) is 12.8 Å². The predicted octanol–water partition coefficient (Wildman–Crippen LogP) is 3.80. The van der Waals surface area contributed by atoms with Crippen molar-refractivity contribution >= 4 is 17.5 Å². The zero-order valence-corrected chi connectivity index (χ0v) is 25.4. The number of rotatable bonds is 7. The van der Waals surface area contributed by atoms with Crippen molar-refractivity contribution in [1.82, 2.24) is 24.8 Å². The number of anilines is 2. The molecule has 1 saturated carbocycles. The summed E-state index contributed by atoms with van der Waals surface area (Å²) in [6.45, 7) is 12.9. The summed E-state index contributed by atoms with van der Waals surface area (Å²) in [5, 5.41) is 0. The SMILES string of the molecule is C=CC(=O)N1CCN(c2nc(OC[C@@H]3C[C@@H](F)CN3C)nc3c2C[C@H](C)[C@@H](c2nc(N)cc(C)c2C2CC2)C3)[C@@H](C)C1. The number of hydrogen-bond donors (Lipinski definition) is 1. The van der Waals surface area contributed by atoms with E-state index in [1.807, 2.05) is 22.9 Å². The van der Waals surface area contributed by atoms with Crippen molar-refractivity contribution in [2.24, 2.45) is 5.92 Å². The molecule has 10 heteroatoms. The summed E-state index contributed by atoms with van der Waals surface area (Å²) in [5.41, 5.74) is 12.2. The van der Waals surface area contributed by atoms with Gasteiger partial charge in [-0.15, -0.1) is 0 Å². The number of nitrogen functional groups attached to an aromatic ring is 1.